The van der Waals surface area contributed by atoms with Crippen LogP contribution in [0.4, 0.5) is 0 Å². The van der Waals surface area contributed by atoms with Gasteiger partial charge in [0.05, 0.1) is 6.07 Å². The lowest BCUT2D eigenvalue weighted by molar-refractivity contribution is 0.154. The topological polar surface area (TPSA) is 53.0 Å². The summed E-state index contributed by atoms with van der Waals surface area (Å²) in [5.74, 6) is 0. The molecule has 0 heterocycles. The van der Waals surface area contributed by atoms with Crippen LogP contribution in [0, 0.1) is 11.3 Å². The molecule has 1 atom stereocenters. The molecule has 1 unspecified atom stereocenters. The quantitative estimate of drug-likeness (QED) is 0.871. The molecule has 2 rings (SSSR count). The third kappa shape index (κ3) is 4.06. The predicted octanol–water partition coefficient (Wildman–Crippen LogP) is 3.41. The average molecular weight is 285 g/mol. The van der Waals surface area contributed by atoms with Crippen molar-refractivity contribution in [2.75, 3.05) is 13.1 Å². The van der Waals surface area contributed by atoms with Crippen molar-refractivity contribution in [3.63, 3.8) is 0 Å². The zero-order valence-electron chi connectivity index (χ0n) is 13.1. The van der Waals surface area contributed by atoms with Crippen LogP contribution in [-0.4, -0.2) is 24.0 Å². The molecule has 3 nitrogen and oxygen atoms in total. The number of rotatable bonds is 6. The van der Waals surface area contributed by atoms with Crippen molar-refractivity contribution >= 4 is 0 Å². The maximum absolute atomic E-state index is 9.54. The monoisotopic (exact) mass is 285 g/mol. The molecule has 3 heteroatoms. The first-order valence-corrected chi connectivity index (χ1v) is 8.19. The molecule has 1 aliphatic carbocycles. The Morgan fingerprint density at radius 3 is 2.48 bits per heavy atom. The van der Waals surface area contributed by atoms with Gasteiger partial charge in [0.2, 0.25) is 0 Å². The van der Waals surface area contributed by atoms with E-state index in [-0.39, 0.29) is 0 Å². The molecule has 0 amide bonds. The lowest BCUT2D eigenvalue weighted by Gasteiger charge is -2.35. The minimum absolute atomic E-state index is 0.683. The standard InChI is InChI=1S/C18H27N3/c1-2-21(17-11-7-4-8-12-17)14-13-18(20,15-19)16-9-5-3-6-10-16/h3,5-6,9-10,17H,2,4,7-8,11-14,20H2,1H3. The van der Waals surface area contributed by atoms with Crippen LogP contribution >= 0.6 is 0 Å². The van der Waals surface area contributed by atoms with E-state index < -0.39 is 5.54 Å². The molecular formula is C18H27N3. The Kier molecular flexibility index (Phi) is 5.78. The molecular weight excluding hydrogens is 258 g/mol. The SMILES string of the molecule is CCN(CCC(N)(C#N)c1ccccc1)C1CCCCC1. The number of nitrogens with zero attached hydrogens (tertiary/aromatic N) is 2. The van der Waals surface area contributed by atoms with Crippen LogP contribution in [0.25, 0.3) is 0 Å². The van der Waals surface area contributed by atoms with Crippen LogP contribution in [0.2, 0.25) is 0 Å². The number of benzene rings is 1. The molecule has 0 aromatic heterocycles. The predicted molar refractivity (Wildman–Crippen MR) is 86.7 cm³/mol. The summed E-state index contributed by atoms with van der Waals surface area (Å²) < 4.78 is 0. The van der Waals surface area contributed by atoms with E-state index in [4.69, 9.17) is 5.73 Å². The molecule has 0 spiro atoms. The summed E-state index contributed by atoms with van der Waals surface area (Å²) in [6, 6.07) is 12.8. The van der Waals surface area contributed by atoms with Gasteiger partial charge < -0.3 is 10.6 Å². The summed E-state index contributed by atoms with van der Waals surface area (Å²) in [7, 11) is 0. The third-order valence-electron chi connectivity index (χ3n) is 4.78. The van der Waals surface area contributed by atoms with Crippen molar-refractivity contribution in [2.45, 2.75) is 57.0 Å². The molecule has 0 bridgehead atoms. The van der Waals surface area contributed by atoms with Gasteiger partial charge >= 0.3 is 0 Å². The van der Waals surface area contributed by atoms with Gasteiger partial charge in [-0.1, -0.05) is 56.5 Å². The van der Waals surface area contributed by atoms with Crippen molar-refractivity contribution in [1.29, 1.82) is 5.26 Å². The van der Waals surface area contributed by atoms with Crippen molar-refractivity contribution < 1.29 is 0 Å². The molecule has 0 radical (unpaired) electrons. The summed E-state index contributed by atoms with van der Waals surface area (Å²) >= 11 is 0. The van der Waals surface area contributed by atoms with Gasteiger partial charge in [0.25, 0.3) is 0 Å². The fourth-order valence-corrected chi connectivity index (χ4v) is 3.37. The Balaban J connectivity index is 2.00. The normalized spacial score (nSPS) is 19.1. The number of hydrogen-bond donors (Lipinski definition) is 1. The van der Waals surface area contributed by atoms with Crippen LogP contribution in [0.15, 0.2) is 30.3 Å². The molecule has 1 aliphatic rings. The maximum atomic E-state index is 9.54. The van der Waals surface area contributed by atoms with Crippen LogP contribution in [-0.2, 0) is 5.54 Å². The van der Waals surface area contributed by atoms with E-state index in [0.29, 0.717) is 12.5 Å². The molecule has 114 valence electrons. The smallest absolute Gasteiger partial charge is 0.131 e. The molecule has 2 N–H and O–H groups in total. The van der Waals surface area contributed by atoms with Crippen molar-refractivity contribution in [1.82, 2.24) is 4.90 Å². The number of hydrogen-bond acceptors (Lipinski definition) is 3. The molecule has 21 heavy (non-hydrogen) atoms. The van der Waals surface area contributed by atoms with Gasteiger partial charge in [-0.05, 0) is 31.4 Å². The van der Waals surface area contributed by atoms with E-state index in [9.17, 15) is 5.26 Å². The van der Waals surface area contributed by atoms with E-state index in [2.05, 4.69) is 17.9 Å². The van der Waals surface area contributed by atoms with Gasteiger partial charge in [0.1, 0.15) is 5.54 Å². The Bertz CT molecular complexity index is 459. The van der Waals surface area contributed by atoms with Gasteiger partial charge in [-0.2, -0.15) is 5.26 Å². The second-order valence-electron chi connectivity index (χ2n) is 6.12. The lowest BCUT2D eigenvalue weighted by Crippen LogP contribution is -2.43. The van der Waals surface area contributed by atoms with E-state index in [0.717, 1.165) is 18.7 Å². The summed E-state index contributed by atoms with van der Waals surface area (Å²) in [4.78, 5) is 2.51. The third-order valence-corrected chi connectivity index (χ3v) is 4.78. The Morgan fingerprint density at radius 2 is 1.90 bits per heavy atom. The van der Waals surface area contributed by atoms with Gasteiger partial charge in [-0.25, -0.2) is 0 Å². The molecule has 0 saturated heterocycles. The summed E-state index contributed by atoms with van der Waals surface area (Å²) in [5, 5.41) is 9.54. The first-order valence-electron chi connectivity index (χ1n) is 8.19. The van der Waals surface area contributed by atoms with Crippen molar-refractivity contribution in [3.8, 4) is 6.07 Å². The highest BCUT2D eigenvalue weighted by Crippen LogP contribution is 2.26. The van der Waals surface area contributed by atoms with Crippen LogP contribution in [0.3, 0.4) is 0 Å². The average Bonchev–Trinajstić information content (AvgIpc) is 2.57. The van der Waals surface area contributed by atoms with E-state index in [1.807, 2.05) is 30.3 Å². The molecule has 1 saturated carbocycles. The van der Waals surface area contributed by atoms with Gasteiger partial charge in [0, 0.05) is 12.6 Å². The van der Waals surface area contributed by atoms with E-state index in [1.54, 1.807) is 0 Å². The number of nitriles is 1. The van der Waals surface area contributed by atoms with Crippen molar-refractivity contribution in [3.05, 3.63) is 35.9 Å². The van der Waals surface area contributed by atoms with Crippen LogP contribution in [0.1, 0.15) is 51.0 Å². The van der Waals surface area contributed by atoms with E-state index in [1.165, 1.54) is 32.1 Å². The van der Waals surface area contributed by atoms with Gasteiger partial charge in [-0.15, -0.1) is 0 Å². The second kappa shape index (κ2) is 7.59. The highest BCUT2D eigenvalue weighted by Gasteiger charge is 2.29. The zero-order chi connectivity index (χ0) is 15.1. The Morgan fingerprint density at radius 1 is 1.24 bits per heavy atom. The minimum atomic E-state index is -0.872. The lowest BCUT2D eigenvalue weighted by atomic mass is 9.88. The molecule has 1 aromatic carbocycles. The van der Waals surface area contributed by atoms with Gasteiger partial charge in [0.15, 0.2) is 0 Å². The highest BCUT2D eigenvalue weighted by atomic mass is 15.1. The fourth-order valence-electron chi connectivity index (χ4n) is 3.37. The summed E-state index contributed by atoms with van der Waals surface area (Å²) in [6.45, 7) is 4.16. The fraction of sp³-hybridized carbons (Fsp3) is 0.611. The zero-order valence-corrected chi connectivity index (χ0v) is 13.1. The minimum Gasteiger partial charge on any atom is -0.310 e. The van der Waals surface area contributed by atoms with Crippen LogP contribution in [0.5, 0.6) is 0 Å². The number of nitrogens with two attached hydrogens (primary N) is 1. The van der Waals surface area contributed by atoms with E-state index >= 15 is 0 Å². The highest BCUT2D eigenvalue weighted by molar-refractivity contribution is 5.30. The summed E-state index contributed by atoms with van der Waals surface area (Å²) in [5.41, 5.74) is 6.42. The van der Waals surface area contributed by atoms with Crippen molar-refractivity contribution in [2.24, 2.45) is 5.73 Å². The maximum Gasteiger partial charge on any atom is 0.131 e. The molecule has 1 aromatic rings. The van der Waals surface area contributed by atoms with Crippen LogP contribution < -0.4 is 5.73 Å². The summed E-state index contributed by atoms with van der Waals surface area (Å²) in [6.07, 6.45) is 7.33. The first kappa shape index (κ1) is 16.0. The Hall–Kier alpha value is -1.37. The first-order chi connectivity index (χ1) is 10.2. The molecule has 1 fully saturated rings. The second-order valence-corrected chi connectivity index (χ2v) is 6.12. The molecule has 0 aliphatic heterocycles. The Labute approximate surface area is 128 Å². The largest absolute Gasteiger partial charge is 0.310 e. The van der Waals surface area contributed by atoms with Gasteiger partial charge in [-0.3, -0.25) is 0 Å².